The second-order valence-electron chi connectivity index (χ2n) is 4.04. The fourth-order valence-corrected chi connectivity index (χ4v) is 1.85. The van der Waals surface area contributed by atoms with Crippen LogP contribution >= 0.6 is 23.2 Å². The van der Waals surface area contributed by atoms with Crippen LogP contribution in [-0.4, -0.2) is 42.3 Å². The average molecular weight is 317 g/mol. The predicted molar refractivity (Wildman–Crippen MR) is 77.0 cm³/mol. The van der Waals surface area contributed by atoms with Gasteiger partial charge in [-0.2, -0.15) is 0 Å². The van der Waals surface area contributed by atoms with Gasteiger partial charge in [-0.3, -0.25) is 4.79 Å². The molecule has 1 rings (SSSR count). The maximum Gasteiger partial charge on any atom is 0.343 e. The molecule has 0 spiro atoms. The number of halogens is 2. The maximum atomic E-state index is 12.3. The van der Waals surface area contributed by atoms with Crippen molar-refractivity contribution in [2.24, 2.45) is 0 Å². The number of esters is 1. The lowest BCUT2D eigenvalue weighted by atomic mass is 10.1. The van der Waals surface area contributed by atoms with Crippen LogP contribution < -0.4 is 0 Å². The van der Waals surface area contributed by atoms with Crippen molar-refractivity contribution >= 4 is 35.0 Å². The summed E-state index contributed by atoms with van der Waals surface area (Å²) in [5.74, 6) is -1.34. The quantitative estimate of drug-likeness (QED) is 0.275. The summed E-state index contributed by atoms with van der Waals surface area (Å²) in [6.45, 7) is 1.82. The first-order chi connectivity index (χ1) is 9.36. The van der Waals surface area contributed by atoms with Crippen molar-refractivity contribution in [2.75, 3.05) is 20.7 Å². The molecule has 0 saturated heterocycles. The zero-order valence-electron chi connectivity index (χ0n) is 11.3. The molecule has 0 unspecified atom stereocenters. The SMILES string of the molecule is CCOC(=O)C(=CN(C)C)C(=O)c1ncc(Cl)cc1Cl. The minimum atomic E-state index is -0.723. The molecule has 0 radical (unpaired) electrons. The van der Waals surface area contributed by atoms with Gasteiger partial charge in [-0.05, 0) is 13.0 Å². The highest BCUT2D eigenvalue weighted by atomic mass is 35.5. The Bertz CT molecular complexity index is 557. The molecule has 0 aliphatic rings. The lowest BCUT2D eigenvalue weighted by Gasteiger charge is -2.11. The standard InChI is InChI=1S/C13H14Cl2N2O3/c1-4-20-13(19)9(7-17(2)3)12(18)11-10(15)5-8(14)6-16-11/h5-7H,4H2,1-3H3. The molecule has 0 saturated carbocycles. The fourth-order valence-electron chi connectivity index (χ4n) is 1.38. The summed E-state index contributed by atoms with van der Waals surface area (Å²) in [6, 6.07) is 1.39. The van der Waals surface area contributed by atoms with Gasteiger partial charge in [-0.1, -0.05) is 23.2 Å². The van der Waals surface area contributed by atoms with Crippen molar-refractivity contribution in [2.45, 2.75) is 6.92 Å². The number of carbonyl (C=O) groups is 2. The molecular formula is C13H14Cl2N2O3. The van der Waals surface area contributed by atoms with Crippen molar-refractivity contribution in [3.63, 3.8) is 0 Å². The summed E-state index contributed by atoms with van der Waals surface area (Å²) in [7, 11) is 3.37. The number of pyridine rings is 1. The third-order valence-corrected chi connectivity index (χ3v) is 2.64. The molecule has 7 heteroatoms. The van der Waals surface area contributed by atoms with E-state index < -0.39 is 11.8 Å². The number of aromatic nitrogens is 1. The van der Waals surface area contributed by atoms with E-state index in [2.05, 4.69) is 4.98 Å². The summed E-state index contributed by atoms with van der Waals surface area (Å²) in [4.78, 5) is 29.6. The molecule has 0 aromatic carbocycles. The summed E-state index contributed by atoms with van der Waals surface area (Å²) in [5.41, 5.74) is -0.189. The summed E-state index contributed by atoms with van der Waals surface area (Å²) < 4.78 is 4.86. The molecular weight excluding hydrogens is 303 g/mol. The minimum Gasteiger partial charge on any atom is -0.462 e. The van der Waals surface area contributed by atoms with Crippen LogP contribution in [0.25, 0.3) is 0 Å². The molecule has 5 nitrogen and oxygen atoms in total. The Labute approximate surface area is 127 Å². The van der Waals surface area contributed by atoms with Crippen LogP contribution in [0.15, 0.2) is 24.0 Å². The number of ether oxygens (including phenoxy) is 1. The van der Waals surface area contributed by atoms with Crippen molar-refractivity contribution in [1.82, 2.24) is 9.88 Å². The Kier molecular flexibility index (Phi) is 5.98. The van der Waals surface area contributed by atoms with Crippen LogP contribution in [0, 0.1) is 0 Å². The topological polar surface area (TPSA) is 59.5 Å². The Balaban J connectivity index is 3.20. The first kappa shape index (κ1) is 16.5. The van der Waals surface area contributed by atoms with Gasteiger partial charge in [0.05, 0.1) is 16.7 Å². The van der Waals surface area contributed by atoms with Crippen LogP contribution in [-0.2, 0) is 9.53 Å². The molecule has 0 bridgehead atoms. The number of nitrogens with zero attached hydrogens (tertiary/aromatic N) is 2. The van der Waals surface area contributed by atoms with E-state index in [0.717, 1.165) is 0 Å². The summed E-state index contributed by atoms with van der Waals surface area (Å²) in [5, 5.41) is 0.386. The van der Waals surface area contributed by atoms with E-state index in [1.165, 1.54) is 18.5 Å². The van der Waals surface area contributed by atoms with E-state index in [1.54, 1.807) is 25.9 Å². The van der Waals surface area contributed by atoms with E-state index >= 15 is 0 Å². The molecule has 1 heterocycles. The molecule has 0 N–H and O–H groups in total. The second-order valence-corrected chi connectivity index (χ2v) is 4.88. The van der Waals surface area contributed by atoms with Crippen LogP contribution in [0.4, 0.5) is 0 Å². The van der Waals surface area contributed by atoms with Gasteiger partial charge in [0.25, 0.3) is 0 Å². The summed E-state index contributed by atoms with van der Waals surface area (Å²) in [6.07, 6.45) is 2.66. The molecule has 1 aromatic rings. The maximum absolute atomic E-state index is 12.3. The monoisotopic (exact) mass is 316 g/mol. The van der Waals surface area contributed by atoms with Crippen molar-refractivity contribution in [3.05, 3.63) is 39.8 Å². The van der Waals surface area contributed by atoms with Crippen LogP contribution in [0.3, 0.4) is 0 Å². The molecule has 1 aromatic heterocycles. The Morgan fingerprint density at radius 1 is 1.40 bits per heavy atom. The molecule has 0 amide bonds. The van der Waals surface area contributed by atoms with E-state index in [4.69, 9.17) is 27.9 Å². The molecule has 0 atom stereocenters. The predicted octanol–water partition coefficient (Wildman–Crippen LogP) is 2.58. The largest absolute Gasteiger partial charge is 0.462 e. The van der Waals surface area contributed by atoms with Gasteiger partial charge < -0.3 is 9.64 Å². The van der Waals surface area contributed by atoms with Gasteiger partial charge >= 0.3 is 5.97 Å². The second kappa shape index (κ2) is 7.26. The first-order valence-electron chi connectivity index (χ1n) is 5.78. The number of Topliss-reactive ketones (excluding diaryl/α,β-unsaturated/α-hetero) is 1. The van der Waals surface area contributed by atoms with Gasteiger partial charge in [0.1, 0.15) is 11.3 Å². The van der Waals surface area contributed by atoms with E-state index in [9.17, 15) is 9.59 Å². The molecule has 0 aliphatic heterocycles. The van der Waals surface area contributed by atoms with Gasteiger partial charge in [0.2, 0.25) is 5.78 Å². The third kappa shape index (κ3) is 4.21. The molecule has 0 aliphatic carbocycles. The molecule has 0 fully saturated rings. The highest BCUT2D eigenvalue weighted by Gasteiger charge is 2.24. The van der Waals surface area contributed by atoms with Crippen molar-refractivity contribution in [3.8, 4) is 0 Å². The van der Waals surface area contributed by atoms with Gasteiger partial charge in [0.15, 0.2) is 0 Å². The zero-order valence-corrected chi connectivity index (χ0v) is 12.8. The number of hydrogen-bond acceptors (Lipinski definition) is 5. The van der Waals surface area contributed by atoms with Gasteiger partial charge in [0, 0.05) is 26.5 Å². The Morgan fingerprint density at radius 3 is 2.55 bits per heavy atom. The van der Waals surface area contributed by atoms with E-state index in [1.807, 2.05) is 0 Å². The minimum absolute atomic E-state index is 0.0442. The first-order valence-corrected chi connectivity index (χ1v) is 6.53. The average Bonchev–Trinajstić information content (AvgIpc) is 2.35. The van der Waals surface area contributed by atoms with Gasteiger partial charge in [-0.25, -0.2) is 9.78 Å². The normalized spacial score (nSPS) is 11.2. The van der Waals surface area contributed by atoms with Crippen LogP contribution in [0.1, 0.15) is 17.4 Å². The number of ketones is 1. The van der Waals surface area contributed by atoms with Crippen LogP contribution in [0.2, 0.25) is 10.0 Å². The lowest BCUT2D eigenvalue weighted by Crippen LogP contribution is -2.20. The van der Waals surface area contributed by atoms with Crippen LogP contribution in [0.5, 0.6) is 0 Å². The van der Waals surface area contributed by atoms with E-state index in [0.29, 0.717) is 5.02 Å². The highest BCUT2D eigenvalue weighted by Crippen LogP contribution is 2.21. The number of carbonyl (C=O) groups excluding carboxylic acids is 2. The fraction of sp³-hybridized carbons (Fsp3) is 0.308. The summed E-state index contributed by atoms with van der Waals surface area (Å²) >= 11 is 11.7. The Hall–Kier alpha value is -1.59. The lowest BCUT2D eigenvalue weighted by molar-refractivity contribution is -0.138. The zero-order chi connectivity index (χ0) is 15.3. The van der Waals surface area contributed by atoms with Crippen molar-refractivity contribution < 1.29 is 14.3 Å². The number of rotatable bonds is 5. The smallest absolute Gasteiger partial charge is 0.343 e. The number of hydrogen-bond donors (Lipinski definition) is 0. The Morgan fingerprint density at radius 2 is 2.05 bits per heavy atom. The van der Waals surface area contributed by atoms with Gasteiger partial charge in [-0.15, -0.1) is 0 Å². The molecule has 20 heavy (non-hydrogen) atoms. The van der Waals surface area contributed by atoms with E-state index in [-0.39, 0.29) is 22.9 Å². The highest BCUT2D eigenvalue weighted by molar-refractivity contribution is 6.38. The molecule has 108 valence electrons. The third-order valence-electron chi connectivity index (χ3n) is 2.15. The van der Waals surface area contributed by atoms with Crippen molar-refractivity contribution in [1.29, 1.82) is 0 Å².